The number of carbonyl (C=O) groups excluding carboxylic acids is 1. The molecule has 7 nitrogen and oxygen atoms in total. The molecule has 9 heteroatoms. The zero-order valence-electron chi connectivity index (χ0n) is 13.9. The lowest BCUT2D eigenvalue weighted by Gasteiger charge is -2.11. The number of rotatable bonds is 6. The Balaban J connectivity index is 1.84. The molecule has 1 aromatic carbocycles. The Labute approximate surface area is 149 Å². The summed E-state index contributed by atoms with van der Waals surface area (Å²) < 4.78 is 40.4. The van der Waals surface area contributed by atoms with Gasteiger partial charge < -0.3 is 10.3 Å². The van der Waals surface area contributed by atoms with Gasteiger partial charge in [0.05, 0.1) is 28.9 Å². The Kier molecular flexibility index (Phi) is 4.90. The number of hydrogen-bond donors (Lipinski definition) is 3. The van der Waals surface area contributed by atoms with Gasteiger partial charge in [0, 0.05) is 11.6 Å². The van der Waals surface area contributed by atoms with E-state index in [0.717, 1.165) is 5.39 Å². The van der Waals surface area contributed by atoms with Crippen LogP contribution in [0.2, 0.25) is 0 Å². The highest BCUT2D eigenvalue weighted by atomic mass is 32.2. The second-order valence-electron chi connectivity index (χ2n) is 5.68. The van der Waals surface area contributed by atoms with Crippen molar-refractivity contribution in [2.75, 3.05) is 15.8 Å². The molecule has 2 heterocycles. The van der Waals surface area contributed by atoms with Crippen molar-refractivity contribution in [1.82, 2.24) is 9.97 Å². The third-order valence-corrected chi connectivity index (χ3v) is 5.12. The van der Waals surface area contributed by atoms with Crippen LogP contribution < -0.4 is 10.0 Å². The van der Waals surface area contributed by atoms with Crippen LogP contribution in [0.3, 0.4) is 0 Å². The zero-order chi connectivity index (χ0) is 18.7. The molecular formula is C17H17FN4O3S. The second-order valence-corrected chi connectivity index (χ2v) is 7.52. The number of hydrogen-bond acceptors (Lipinski definition) is 4. The first-order valence-corrected chi connectivity index (χ1v) is 9.58. The molecule has 1 amide bonds. The molecule has 0 aliphatic heterocycles. The molecule has 26 heavy (non-hydrogen) atoms. The molecule has 3 N–H and O–H groups in total. The Morgan fingerprint density at radius 2 is 2.12 bits per heavy atom. The van der Waals surface area contributed by atoms with E-state index in [9.17, 15) is 17.6 Å². The number of nitrogens with one attached hydrogen (secondary N) is 3. The Morgan fingerprint density at radius 1 is 1.31 bits per heavy atom. The lowest BCUT2D eigenvalue weighted by Crippen LogP contribution is -2.19. The molecule has 0 unspecified atom stereocenters. The maximum absolute atomic E-state index is 14.6. The molecule has 136 valence electrons. The van der Waals surface area contributed by atoms with E-state index >= 15 is 0 Å². The molecule has 3 rings (SSSR count). The number of fused-ring (bicyclic) bond motifs is 1. The summed E-state index contributed by atoms with van der Waals surface area (Å²) in [5.74, 6) is -1.76. The molecule has 0 spiro atoms. The third-order valence-electron chi connectivity index (χ3n) is 3.64. The fourth-order valence-corrected chi connectivity index (χ4v) is 3.61. The van der Waals surface area contributed by atoms with Crippen molar-refractivity contribution in [3.05, 3.63) is 54.1 Å². The maximum atomic E-state index is 14.6. The van der Waals surface area contributed by atoms with Gasteiger partial charge in [-0.1, -0.05) is 13.0 Å². The van der Waals surface area contributed by atoms with E-state index in [1.54, 1.807) is 25.3 Å². The van der Waals surface area contributed by atoms with Crippen LogP contribution in [0.15, 0.2) is 42.7 Å². The summed E-state index contributed by atoms with van der Waals surface area (Å²) in [7, 11) is -3.66. The number of carbonyl (C=O) groups is 1. The van der Waals surface area contributed by atoms with E-state index in [1.807, 2.05) is 0 Å². The molecule has 3 aromatic rings. The van der Waals surface area contributed by atoms with Gasteiger partial charge in [0.25, 0.3) is 5.91 Å². The average Bonchev–Trinajstić information content (AvgIpc) is 3.04. The molecule has 0 saturated heterocycles. The lowest BCUT2D eigenvalue weighted by molar-refractivity contribution is 0.102. The van der Waals surface area contributed by atoms with Crippen LogP contribution in [0.25, 0.3) is 11.0 Å². The summed E-state index contributed by atoms with van der Waals surface area (Å²) in [6, 6.07) is 7.46. The lowest BCUT2D eigenvalue weighted by atomic mass is 10.1. The number of halogens is 1. The first-order valence-electron chi connectivity index (χ1n) is 7.93. The highest BCUT2D eigenvalue weighted by Crippen LogP contribution is 2.21. The number of anilines is 2. The fourth-order valence-electron chi connectivity index (χ4n) is 2.48. The average molecular weight is 376 g/mol. The molecule has 2 aromatic heterocycles. The van der Waals surface area contributed by atoms with Gasteiger partial charge in [-0.05, 0) is 30.7 Å². The van der Waals surface area contributed by atoms with E-state index in [4.69, 9.17) is 0 Å². The number of aromatic amines is 1. The summed E-state index contributed by atoms with van der Waals surface area (Å²) in [6.45, 7) is 1.70. The number of amides is 1. The Morgan fingerprint density at radius 3 is 2.88 bits per heavy atom. The molecular weight excluding hydrogens is 359 g/mol. The maximum Gasteiger partial charge on any atom is 0.258 e. The summed E-state index contributed by atoms with van der Waals surface area (Å²) >= 11 is 0. The standard InChI is InChI=1S/C17H17FN4O3S/c1-2-8-26(24,25)22-14-5-3-4-13(15(14)18)17(23)21-12-9-11-6-7-19-16(11)20-10-12/h3-7,9-10,22H,2,8H2,1H3,(H,19,20)(H,21,23). The molecule has 0 bridgehead atoms. The van der Waals surface area contributed by atoms with E-state index in [0.29, 0.717) is 17.8 Å². The number of sulfonamides is 1. The SMILES string of the molecule is CCCS(=O)(=O)Nc1cccc(C(=O)Nc2cnc3[nH]ccc3c2)c1F. The quantitative estimate of drug-likeness (QED) is 0.615. The van der Waals surface area contributed by atoms with Crippen LogP contribution in [0.5, 0.6) is 0 Å². The predicted octanol–water partition coefficient (Wildman–Crippen LogP) is 3.11. The van der Waals surface area contributed by atoms with Gasteiger partial charge in [-0.15, -0.1) is 0 Å². The van der Waals surface area contributed by atoms with Crippen LogP contribution in [-0.2, 0) is 10.0 Å². The molecule has 0 aliphatic rings. The van der Waals surface area contributed by atoms with Crippen molar-refractivity contribution in [2.24, 2.45) is 0 Å². The number of nitrogens with zero attached hydrogens (tertiary/aromatic N) is 1. The van der Waals surface area contributed by atoms with Crippen LogP contribution in [0, 0.1) is 5.82 Å². The molecule has 0 radical (unpaired) electrons. The smallest absolute Gasteiger partial charge is 0.258 e. The molecule has 0 aliphatic carbocycles. The second kappa shape index (κ2) is 7.12. The number of aromatic nitrogens is 2. The minimum atomic E-state index is -3.66. The van der Waals surface area contributed by atoms with Gasteiger partial charge in [-0.25, -0.2) is 17.8 Å². The number of benzene rings is 1. The van der Waals surface area contributed by atoms with Crippen LogP contribution in [0.1, 0.15) is 23.7 Å². The summed E-state index contributed by atoms with van der Waals surface area (Å²) in [5, 5.41) is 3.36. The first-order chi connectivity index (χ1) is 12.4. The Hall–Kier alpha value is -2.94. The van der Waals surface area contributed by atoms with Crippen LogP contribution >= 0.6 is 0 Å². The largest absolute Gasteiger partial charge is 0.346 e. The van der Waals surface area contributed by atoms with Gasteiger partial charge in [-0.3, -0.25) is 9.52 Å². The van der Waals surface area contributed by atoms with Gasteiger partial charge in [0.15, 0.2) is 5.82 Å². The van der Waals surface area contributed by atoms with Crippen molar-refractivity contribution in [2.45, 2.75) is 13.3 Å². The van der Waals surface area contributed by atoms with E-state index in [1.165, 1.54) is 24.4 Å². The normalized spacial score (nSPS) is 11.5. The minimum absolute atomic E-state index is 0.134. The monoisotopic (exact) mass is 376 g/mol. The highest BCUT2D eigenvalue weighted by Gasteiger charge is 2.18. The van der Waals surface area contributed by atoms with Gasteiger partial charge in [0.1, 0.15) is 5.65 Å². The van der Waals surface area contributed by atoms with E-state index in [2.05, 4.69) is 20.0 Å². The highest BCUT2D eigenvalue weighted by molar-refractivity contribution is 7.92. The number of pyridine rings is 1. The number of H-pyrrole nitrogens is 1. The molecule has 0 atom stereocenters. The Bertz CT molecular complexity index is 1060. The fraction of sp³-hybridized carbons (Fsp3) is 0.176. The van der Waals surface area contributed by atoms with Crippen molar-refractivity contribution in [3.63, 3.8) is 0 Å². The van der Waals surface area contributed by atoms with Crippen LogP contribution in [0.4, 0.5) is 15.8 Å². The van der Waals surface area contributed by atoms with Gasteiger partial charge in [-0.2, -0.15) is 0 Å². The van der Waals surface area contributed by atoms with E-state index in [-0.39, 0.29) is 17.0 Å². The van der Waals surface area contributed by atoms with Crippen molar-refractivity contribution in [1.29, 1.82) is 0 Å². The first kappa shape index (κ1) is 17.9. The minimum Gasteiger partial charge on any atom is -0.346 e. The zero-order valence-corrected chi connectivity index (χ0v) is 14.7. The topological polar surface area (TPSA) is 104 Å². The van der Waals surface area contributed by atoms with E-state index < -0.39 is 21.7 Å². The molecule has 0 saturated carbocycles. The van der Waals surface area contributed by atoms with Gasteiger partial charge in [0.2, 0.25) is 10.0 Å². The van der Waals surface area contributed by atoms with Crippen molar-refractivity contribution < 1.29 is 17.6 Å². The van der Waals surface area contributed by atoms with Crippen molar-refractivity contribution in [3.8, 4) is 0 Å². The predicted molar refractivity (Wildman–Crippen MR) is 98.1 cm³/mol. The van der Waals surface area contributed by atoms with Gasteiger partial charge >= 0.3 is 0 Å². The molecule has 0 fully saturated rings. The summed E-state index contributed by atoms with van der Waals surface area (Å²) in [6.07, 6.45) is 3.56. The third kappa shape index (κ3) is 3.83. The van der Waals surface area contributed by atoms with Crippen LogP contribution in [-0.4, -0.2) is 30.0 Å². The van der Waals surface area contributed by atoms with Crippen molar-refractivity contribution >= 4 is 38.3 Å². The summed E-state index contributed by atoms with van der Waals surface area (Å²) in [4.78, 5) is 19.5. The summed E-state index contributed by atoms with van der Waals surface area (Å²) in [5.41, 5.74) is 0.543.